The molecule has 2 aliphatic heterocycles. The SMILES string of the molecule is [CH2]C(CC1NCCC12CCC(CCC)(CCC)CC2)N1CCCCC1. The van der Waals surface area contributed by atoms with Crippen molar-refractivity contribution in [2.75, 3.05) is 19.6 Å². The molecule has 0 aromatic heterocycles. The Bertz CT molecular complexity index is 383. The molecule has 2 atom stereocenters. The van der Waals surface area contributed by atoms with Crippen molar-refractivity contribution in [1.29, 1.82) is 0 Å². The lowest BCUT2D eigenvalue weighted by molar-refractivity contribution is 0.0423. The van der Waals surface area contributed by atoms with Crippen LogP contribution in [0.15, 0.2) is 0 Å². The van der Waals surface area contributed by atoms with Gasteiger partial charge in [0.15, 0.2) is 0 Å². The molecule has 3 rings (SSSR count). The van der Waals surface area contributed by atoms with Gasteiger partial charge in [-0.15, -0.1) is 0 Å². The van der Waals surface area contributed by atoms with Gasteiger partial charge in [-0.2, -0.15) is 0 Å². The third-order valence-electron chi connectivity index (χ3n) is 8.03. The van der Waals surface area contributed by atoms with Gasteiger partial charge in [0, 0.05) is 12.1 Å². The highest BCUT2D eigenvalue weighted by molar-refractivity contribution is 5.03. The van der Waals surface area contributed by atoms with Crippen LogP contribution in [0.4, 0.5) is 0 Å². The second kappa shape index (κ2) is 8.74. The zero-order valence-corrected chi connectivity index (χ0v) is 17.1. The minimum atomic E-state index is 0.519. The normalized spacial score (nSPS) is 30.6. The first kappa shape index (κ1) is 19.7. The third-order valence-corrected chi connectivity index (χ3v) is 8.03. The summed E-state index contributed by atoms with van der Waals surface area (Å²) in [4.78, 5) is 2.67. The predicted octanol–water partition coefficient (Wildman–Crippen LogP) is 5.57. The van der Waals surface area contributed by atoms with Crippen LogP contribution in [0.3, 0.4) is 0 Å². The summed E-state index contributed by atoms with van der Waals surface area (Å²) in [5.41, 5.74) is 1.27. The van der Waals surface area contributed by atoms with Crippen molar-refractivity contribution in [2.45, 2.75) is 109 Å². The van der Waals surface area contributed by atoms with Crippen LogP contribution in [0.1, 0.15) is 97.3 Å². The molecular formula is C23H43N2. The summed E-state index contributed by atoms with van der Waals surface area (Å²) in [6.07, 6.45) is 18.4. The number of hydrogen-bond donors (Lipinski definition) is 1. The van der Waals surface area contributed by atoms with E-state index in [1.54, 1.807) is 0 Å². The molecule has 3 aliphatic rings. The number of rotatable bonds is 7. The van der Waals surface area contributed by atoms with E-state index in [0.29, 0.717) is 16.9 Å². The standard InChI is InChI=1S/C23H43N2/c1-4-9-22(10-5-2)11-13-23(14-12-22)15-16-24-21(23)19-20(3)25-17-7-6-8-18-25/h20-21,24H,3-19H2,1-2H3. The van der Waals surface area contributed by atoms with E-state index in [2.05, 4.69) is 31.0 Å². The van der Waals surface area contributed by atoms with Crippen LogP contribution in [0.25, 0.3) is 0 Å². The van der Waals surface area contributed by atoms with Crippen molar-refractivity contribution in [2.24, 2.45) is 10.8 Å². The molecule has 1 radical (unpaired) electrons. The highest BCUT2D eigenvalue weighted by Gasteiger charge is 2.48. The van der Waals surface area contributed by atoms with Crippen LogP contribution in [-0.4, -0.2) is 36.6 Å². The van der Waals surface area contributed by atoms with Crippen molar-refractivity contribution in [3.8, 4) is 0 Å². The van der Waals surface area contributed by atoms with Crippen molar-refractivity contribution in [1.82, 2.24) is 10.2 Å². The van der Waals surface area contributed by atoms with Gasteiger partial charge in [-0.25, -0.2) is 0 Å². The second-order valence-electron chi connectivity index (χ2n) is 9.61. The highest BCUT2D eigenvalue weighted by Crippen LogP contribution is 2.54. The van der Waals surface area contributed by atoms with Crippen LogP contribution in [0, 0.1) is 17.8 Å². The minimum Gasteiger partial charge on any atom is -0.313 e. The summed E-state index contributed by atoms with van der Waals surface area (Å²) in [5, 5.41) is 3.91. The molecule has 2 heterocycles. The van der Waals surface area contributed by atoms with Gasteiger partial charge in [-0.1, -0.05) is 33.1 Å². The number of nitrogens with one attached hydrogen (secondary N) is 1. The average Bonchev–Trinajstić information content (AvgIpc) is 3.01. The van der Waals surface area contributed by atoms with Crippen LogP contribution in [0.5, 0.6) is 0 Å². The lowest BCUT2D eigenvalue weighted by atomic mass is 9.58. The Morgan fingerprint density at radius 2 is 1.60 bits per heavy atom. The molecule has 2 heteroatoms. The maximum Gasteiger partial charge on any atom is 0.0139 e. The van der Waals surface area contributed by atoms with Crippen molar-refractivity contribution < 1.29 is 0 Å². The van der Waals surface area contributed by atoms with E-state index in [1.165, 1.54) is 103 Å². The zero-order chi connectivity index (χ0) is 17.8. The van der Waals surface area contributed by atoms with E-state index in [0.717, 1.165) is 6.04 Å². The summed E-state index contributed by atoms with van der Waals surface area (Å²) in [5.74, 6) is 0. The van der Waals surface area contributed by atoms with Gasteiger partial charge in [0.2, 0.25) is 0 Å². The first-order valence-corrected chi connectivity index (χ1v) is 11.4. The smallest absolute Gasteiger partial charge is 0.0139 e. The molecule has 145 valence electrons. The Balaban J connectivity index is 1.59. The van der Waals surface area contributed by atoms with E-state index in [-0.39, 0.29) is 0 Å². The molecule has 25 heavy (non-hydrogen) atoms. The van der Waals surface area contributed by atoms with Crippen LogP contribution in [0.2, 0.25) is 0 Å². The summed E-state index contributed by atoms with van der Waals surface area (Å²) in [6, 6.07) is 1.24. The van der Waals surface area contributed by atoms with Crippen molar-refractivity contribution in [3.63, 3.8) is 0 Å². The molecule has 2 saturated heterocycles. The van der Waals surface area contributed by atoms with Crippen molar-refractivity contribution >= 4 is 0 Å². The number of piperidine rings is 1. The quantitative estimate of drug-likeness (QED) is 0.647. The molecular weight excluding hydrogens is 304 g/mol. The van der Waals surface area contributed by atoms with Crippen LogP contribution in [-0.2, 0) is 0 Å². The summed E-state index contributed by atoms with van der Waals surface area (Å²) in [7, 11) is 0. The molecule has 0 amide bonds. The predicted molar refractivity (Wildman–Crippen MR) is 109 cm³/mol. The number of nitrogens with zero attached hydrogens (tertiary/aromatic N) is 1. The molecule has 3 fully saturated rings. The average molecular weight is 348 g/mol. The van der Waals surface area contributed by atoms with E-state index in [9.17, 15) is 0 Å². The summed E-state index contributed by atoms with van der Waals surface area (Å²) < 4.78 is 0. The Labute approximate surface area is 157 Å². The zero-order valence-electron chi connectivity index (χ0n) is 17.1. The van der Waals surface area contributed by atoms with Crippen molar-refractivity contribution in [3.05, 3.63) is 6.92 Å². The van der Waals surface area contributed by atoms with Crippen LogP contribution < -0.4 is 5.32 Å². The fourth-order valence-corrected chi connectivity index (χ4v) is 6.49. The first-order chi connectivity index (χ1) is 12.1. The van der Waals surface area contributed by atoms with Gasteiger partial charge in [0.1, 0.15) is 0 Å². The maximum atomic E-state index is 4.58. The van der Waals surface area contributed by atoms with Gasteiger partial charge < -0.3 is 10.2 Å². The molecule has 2 unspecified atom stereocenters. The molecule has 2 nitrogen and oxygen atoms in total. The number of likely N-dealkylation sites (tertiary alicyclic amines) is 1. The van der Waals surface area contributed by atoms with Gasteiger partial charge in [-0.05, 0) is 102 Å². The van der Waals surface area contributed by atoms with Crippen LogP contribution >= 0.6 is 0 Å². The molecule has 0 aromatic carbocycles. The summed E-state index contributed by atoms with van der Waals surface area (Å²) in [6.45, 7) is 13.1. The monoisotopic (exact) mass is 347 g/mol. The molecule has 1 saturated carbocycles. The van der Waals surface area contributed by atoms with E-state index >= 15 is 0 Å². The molecule has 1 N–H and O–H groups in total. The van der Waals surface area contributed by atoms with E-state index in [4.69, 9.17) is 0 Å². The topological polar surface area (TPSA) is 15.3 Å². The Kier molecular flexibility index (Phi) is 6.88. The van der Waals surface area contributed by atoms with E-state index in [1.807, 2.05) is 0 Å². The van der Waals surface area contributed by atoms with Gasteiger partial charge in [-0.3, -0.25) is 0 Å². The Hall–Kier alpha value is -0.0800. The molecule has 0 bridgehead atoms. The Morgan fingerprint density at radius 1 is 0.960 bits per heavy atom. The van der Waals surface area contributed by atoms with Gasteiger partial charge in [0.05, 0.1) is 0 Å². The Morgan fingerprint density at radius 3 is 2.20 bits per heavy atom. The molecule has 1 aliphatic carbocycles. The first-order valence-electron chi connectivity index (χ1n) is 11.4. The largest absolute Gasteiger partial charge is 0.313 e. The van der Waals surface area contributed by atoms with Gasteiger partial charge >= 0.3 is 0 Å². The maximum absolute atomic E-state index is 4.58. The fourth-order valence-electron chi connectivity index (χ4n) is 6.49. The lowest BCUT2D eigenvalue weighted by Crippen LogP contribution is -2.47. The fraction of sp³-hybridized carbons (Fsp3) is 0.957. The lowest BCUT2D eigenvalue weighted by Gasteiger charge is -2.48. The number of hydrogen-bond acceptors (Lipinski definition) is 2. The van der Waals surface area contributed by atoms with Gasteiger partial charge in [0.25, 0.3) is 0 Å². The summed E-state index contributed by atoms with van der Waals surface area (Å²) >= 11 is 0. The minimum absolute atomic E-state index is 0.519. The second-order valence-corrected chi connectivity index (χ2v) is 9.61. The van der Waals surface area contributed by atoms with E-state index < -0.39 is 0 Å². The highest BCUT2D eigenvalue weighted by atomic mass is 15.2. The molecule has 0 aromatic rings. The third kappa shape index (κ3) is 4.43. The molecule has 1 spiro atoms.